The molecule has 0 aliphatic rings. The highest BCUT2D eigenvalue weighted by atomic mass is 16.1. The van der Waals surface area contributed by atoms with E-state index in [1.807, 2.05) is 0 Å². The molecule has 0 unspecified atom stereocenters. The largest absolute Gasteiger partial charge is 0.341 e. The Kier molecular flexibility index (Phi) is 3.12. The predicted octanol–water partition coefficient (Wildman–Crippen LogP) is 0.0253. The summed E-state index contributed by atoms with van der Waals surface area (Å²) in [5.74, 6) is 2.46. The summed E-state index contributed by atoms with van der Waals surface area (Å²) in [6.07, 6.45) is 9.50. The number of carbonyl (C=O) groups is 1. The monoisotopic (exact) mass is 227 g/mol. The summed E-state index contributed by atoms with van der Waals surface area (Å²) in [7, 11) is 0. The molecular formula is C11H9N5O. The molecule has 0 aliphatic carbocycles. The highest BCUT2D eigenvalue weighted by Gasteiger charge is 2.13. The van der Waals surface area contributed by atoms with Crippen LogP contribution in [0.2, 0.25) is 0 Å². The Morgan fingerprint density at radius 1 is 1.59 bits per heavy atom. The number of pyridine rings is 1. The Morgan fingerprint density at radius 3 is 3.18 bits per heavy atom. The lowest BCUT2D eigenvalue weighted by atomic mass is 10.2. The van der Waals surface area contributed by atoms with E-state index >= 15 is 0 Å². The second kappa shape index (κ2) is 4.90. The summed E-state index contributed by atoms with van der Waals surface area (Å²) < 4.78 is 1.42. The van der Waals surface area contributed by atoms with E-state index in [4.69, 9.17) is 6.42 Å². The number of hydrogen-bond acceptors (Lipinski definition) is 4. The summed E-state index contributed by atoms with van der Waals surface area (Å²) in [6.45, 7) is 0.171. The molecule has 0 bridgehead atoms. The molecule has 0 aromatic carbocycles. The van der Waals surface area contributed by atoms with Crippen LogP contribution in [0.25, 0.3) is 5.82 Å². The van der Waals surface area contributed by atoms with Gasteiger partial charge in [-0.05, 0) is 12.1 Å². The van der Waals surface area contributed by atoms with Gasteiger partial charge in [0, 0.05) is 6.20 Å². The fourth-order valence-corrected chi connectivity index (χ4v) is 1.30. The summed E-state index contributed by atoms with van der Waals surface area (Å²) in [5.41, 5.74) is 0.397. The molecule has 2 rings (SSSR count). The molecule has 1 amide bonds. The van der Waals surface area contributed by atoms with Gasteiger partial charge < -0.3 is 5.32 Å². The lowest BCUT2D eigenvalue weighted by Crippen LogP contribution is -2.25. The van der Waals surface area contributed by atoms with Gasteiger partial charge in [-0.3, -0.25) is 4.79 Å². The third kappa shape index (κ3) is 2.29. The van der Waals surface area contributed by atoms with Crippen LogP contribution in [0.4, 0.5) is 0 Å². The van der Waals surface area contributed by atoms with E-state index in [9.17, 15) is 4.79 Å². The number of amides is 1. The maximum Gasteiger partial charge on any atom is 0.255 e. The Morgan fingerprint density at radius 2 is 2.47 bits per heavy atom. The standard InChI is InChI=1S/C11H9N5O/c1-2-5-14-11(17)9-4-3-6-13-10(9)16-8-12-7-15-16/h1,3-4,6-8H,5H2,(H,14,17). The van der Waals surface area contributed by atoms with Crippen LogP contribution in [0.5, 0.6) is 0 Å². The van der Waals surface area contributed by atoms with Gasteiger partial charge in [0.2, 0.25) is 0 Å². The zero-order valence-corrected chi connectivity index (χ0v) is 8.87. The highest BCUT2D eigenvalue weighted by Crippen LogP contribution is 2.08. The van der Waals surface area contributed by atoms with Crippen molar-refractivity contribution in [1.82, 2.24) is 25.1 Å². The first-order valence-electron chi connectivity index (χ1n) is 4.84. The molecule has 2 aromatic heterocycles. The summed E-state index contributed by atoms with van der Waals surface area (Å²) in [5, 5.41) is 6.51. The van der Waals surface area contributed by atoms with Crippen LogP contribution in [-0.2, 0) is 0 Å². The van der Waals surface area contributed by atoms with Gasteiger partial charge >= 0.3 is 0 Å². The molecule has 1 N–H and O–H groups in total. The van der Waals surface area contributed by atoms with Crippen LogP contribution >= 0.6 is 0 Å². The minimum atomic E-state index is -0.290. The molecule has 2 aromatic rings. The van der Waals surface area contributed by atoms with Crippen molar-refractivity contribution in [1.29, 1.82) is 0 Å². The SMILES string of the molecule is C#CCNC(=O)c1cccnc1-n1cncn1. The Bertz CT molecular complexity index is 555. The fraction of sp³-hybridized carbons (Fsp3) is 0.0909. The molecule has 0 fully saturated rings. The molecule has 0 spiro atoms. The fourth-order valence-electron chi connectivity index (χ4n) is 1.30. The van der Waals surface area contributed by atoms with Crippen molar-refractivity contribution >= 4 is 5.91 Å². The van der Waals surface area contributed by atoms with Crippen molar-refractivity contribution in [3.63, 3.8) is 0 Å². The topological polar surface area (TPSA) is 72.7 Å². The maximum atomic E-state index is 11.8. The van der Waals surface area contributed by atoms with Crippen LogP contribution < -0.4 is 5.32 Å². The van der Waals surface area contributed by atoms with E-state index < -0.39 is 0 Å². The van der Waals surface area contributed by atoms with Gasteiger partial charge in [0.05, 0.1) is 12.1 Å². The zero-order chi connectivity index (χ0) is 12.1. The summed E-state index contributed by atoms with van der Waals surface area (Å²) in [4.78, 5) is 19.7. The number of rotatable bonds is 3. The van der Waals surface area contributed by atoms with E-state index in [0.29, 0.717) is 11.4 Å². The smallest absolute Gasteiger partial charge is 0.255 e. The van der Waals surface area contributed by atoms with E-state index in [2.05, 4.69) is 26.3 Å². The number of nitrogens with zero attached hydrogens (tertiary/aromatic N) is 4. The average molecular weight is 227 g/mol. The van der Waals surface area contributed by atoms with E-state index in [-0.39, 0.29) is 12.5 Å². The normalized spacial score (nSPS) is 9.59. The lowest BCUT2D eigenvalue weighted by Gasteiger charge is -2.06. The quantitative estimate of drug-likeness (QED) is 0.750. The second-order valence-corrected chi connectivity index (χ2v) is 3.10. The van der Waals surface area contributed by atoms with Gasteiger partial charge in [0.15, 0.2) is 5.82 Å². The van der Waals surface area contributed by atoms with Gasteiger partial charge in [-0.2, -0.15) is 5.10 Å². The van der Waals surface area contributed by atoms with Crippen LogP contribution in [-0.4, -0.2) is 32.2 Å². The number of hydrogen-bond donors (Lipinski definition) is 1. The Balaban J connectivity index is 2.35. The number of carbonyl (C=O) groups excluding carboxylic acids is 1. The van der Waals surface area contributed by atoms with Crippen molar-refractivity contribution in [3.8, 4) is 18.2 Å². The molecule has 84 valence electrons. The predicted molar refractivity (Wildman–Crippen MR) is 60.3 cm³/mol. The van der Waals surface area contributed by atoms with Crippen molar-refractivity contribution in [2.45, 2.75) is 0 Å². The molecule has 0 atom stereocenters. The van der Waals surface area contributed by atoms with Crippen molar-refractivity contribution < 1.29 is 4.79 Å². The maximum absolute atomic E-state index is 11.8. The Labute approximate surface area is 97.7 Å². The number of aromatic nitrogens is 4. The molecule has 2 heterocycles. The average Bonchev–Trinajstić information content (AvgIpc) is 2.89. The van der Waals surface area contributed by atoms with Crippen molar-refractivity contribution in [2.24, 2.45) is 0 Å². The van der Waals surface area contributed by atoms with Gasteiger partial charge in [0.25, 0.3) is 5.91 Å². The van der Waals surface area contributed by atoms with Gasteiger partial charge in [-0.15, -0.1) is 6.42 Å². The molecule has 0 saturated heterocycles. The first-order chi connectivity index (χ1) is 8.33. The molecule has 0 radical (unpaired) electrons. The minimum absolute atomic E-state index is 0.171. The van der Waals surface area contributed by atoms with Crippen molar-refractivity contribution in [3.05, 3.63) is 36.5 Å². The minimum Gasteiger partial charge on any atom is -0.341 e. The van der Waals surface area contributed by atoms with Crippen molar-refractivity contribution in [2.75, 3.05) is 6.54 Å². The summed E-state index contributed by atoms with van der Waals surface area (Å²) >= 11 is 0. The molecule has 0 aliphatic heterocycles. The molecule has 17 heavy (non-hydrogen) atoms. The van der Waals surface area contributed by atoms with Crippen LogP contribution in [0.15, 0.2) is 31.0 Å². The van der Waals surface area contributed by atoms with E-state index in [1.54, 1.807) is 18.3 Å². The molecule has 6 nitrogen and oxygen atoms in total. The third-order valence-electron chi connectivity index (χ3n) is 2.02. The lowest BCUT2D eigenvalue weighted by molar-refractivity contribution is 0.0958. The summed E-state index contributed by atoms with van der Waals surface area (Å²) in [6, 6.07) is 3.32. The Hall–Kier alpha value is -2.68. The van der Waals surface area contributed by atoms with Crippen LogP contribution in [0.1, 0.15) is 10.4 Å². The molecular weight excluding hydrogens is 218 g/mol. The van der Waals surface area contributed by atoms with Gasteiger partial charge in [0.1, 0.15) is 12.7 Å². The number of nitrogens with one attached hydrogen (secondary N) is 1. The van der Waals surface area contributed by atoms with Crippen LogP contribution in [0.3, 0.4) is 0 Å². The highest BCUT2D eigenvalue weighted by molar-refractivity contribution is 5.97. The first kappa shape index (κ1) is 10.8. The molecule has 0 saturated carbocycles. The van der Waals surface area contributed by atoms with E-state index in [1.165, 1.54) is 17.3 Å². The van der Waals surface area contributed by atoms with Gasteiger partial charge in [-0.25, -0.2) is 14.6 Å². The van der Waals surface area contributed by atoms with E-state index in [0.717, 1.165) is 0 Å². The first-order valence-corrected chi connectivity index (χ1v) is 4.84. The molecule has 6 heteroatoms. The zero-order valence-electron chi connectivity index (χ0n) is 8.87. The second-order valence-electron chi connectivity index (χ2n) is 3.10. The van der Waals surface area contributed by atoms with Gasteiger partial charge in [-0.1, -0.05) is 5.92 Å². The van der Waals surface area contributed by atoms with Crippen LogP contribution in [0, 0.1) is 12.3 Å². The number of terminal acetylenes is 1. The third-order valence-corrected chi connectivity index (χ3v) is 2.02.